The van der Waals surface area contributed by atoms with Crippen LogP contribution in [0.2, 0.25) is 0 Å². The summed E-state index contributed by atoms with van der Waals surface area (Å²) >= 11 is 0. The van der Waals surface area contributed by atoms with E-state index in [1.54, 1.807) is 13.8 Å². The molecule has 4 N–H and O–H groups in total. The lowest BCUT2D eigenvalue weighted by molar-refractivity contribution is 0.0857. The zero-order valence-electron chi connectivity index (χ0n) is 7.56. The zero-order valence-corrected chi connectivity index (χ0v) is 8.45. The molecule has 0 aromatic carbocycles. The van der Waals surface area contributed by atoms with Gasteiger partial charge in [-0.05, 0) is 0 Å². The predicted molar refractivity (Wildman–Crippen MR) is 46.3 cm³/mol. The van der Waals surface area contributed by atoms with Crippen LogP contribution in [0.1, 0.15) is 13.8 Å². The molecule has 0 unspecified atom stereocenters. The van der Waals surface area contributed by atoms with Crippen molar-refractivity contribution in [1.29, 1.82) is 0 Å². The number of aliphatic hydroxyl groups is 2. The van der Waals surface area contributed by atoms with Gasteiger partial charge in [-0.1, -0.05) is 13.8 Å². The van der Waals surface area contributed by atoms with Crippen molar-refractivity contribution in [2.45, 2.75) is 13.8 Å². The summed E-state index contributed by atoms with van der Waals surface area (Å²) in [6, 6.07) is 0. The summed E-state index contributed by atoms with van der Waals surface area (Å²) in [7, 11) is -0.870. The lowest BCUT2D eigenvalue weighted by Crippen LogP contribution is -2.20. The molecule has 0 atom stereocenters. The number of aliphatic hydroxyl groups excluding tert-OH is 2. The van der Waals surface area contributed by atoms with Gasteiger partial charge in [-0.2, -0.15) is 0 Å². The van der Waals surface area contributed by atoms with Crippen molar-refractivity contribution in [2.24, 2.45) is 5.41 Å². The highest BCUT2D eigenvalue weighted by atomic mass is 31.2. The van der Waals surface area contributed by atoms with Gasteiger partial charge in [-0.3, -0.25) is 0 Å². The minimum Gasteiger partial charge on any atom is -0.396 e. The first kappa shape index (κ1) is 14.7. The van der Waals surface area contributed by atoms with Gasteiger partial charge in [-0.15, -0.1) is 0 Å². The van der Waals surface area contributed by atoms with E-state index in [1.807, 2.05) is 0 Å². The Morgan fingerprint density at radius 2 is 1.42 bits per heavy atom. The van der Waals surface area contributed by atoms with Gasteiger partial charge in [0.2, 0.25) is 0 Å². The van der Waals surface area contributed by atoms with Gasteiger partial charge in [0.05, 0.1) is 13.2 Å². The van der Waals surface area contributed by atoms with Gasteiger partial charge in [0, 0.05) is 12.5 Å². The summed E-state index contributed by atoms with van der Waals surface area (Å²) in [6.07, 6.45) is 0. The van der Waals surface area contributed by atoms with Gasteiger partial charge in [0.15, 0.2) is 0 Å². The minimum absolute atomic E-state index is 0.0451. The van der Waals surface area contributed by atoms with Crippen molar-refractivity contribution in [3.8, 4) is 0 Å². The van der Waals surface area contributed by atoms with Gasteiger partial charge in [-0.25, -0.2) is 0 Å². The highest BCUT2D eigenvalue weighted by Gasteiger charge is 2.13. The fourth-order valence-electron chi connectivity index (χ4n) is 0.0500. The van der Waals surface area contributed by atoms with Gasteiger partial charge in [0.1, 0.15) is 0 Å². The second-order valence-corrected chi connectivity index (χ2v) is 3.79. The molecule has 0 rings (SSSR count). The molecular weight excluding hydrogens is 183 g/mol. The first-order chi connectivity index (χ1) is 5.39. The Hall–Kier alpha value is 0.230. The maximum Gasteiger partial charge on any atom is 0.326 e. The molecule has 0 radical (unpaired) electrons. The first-order valence-electron chi connectivity index (χ1n) is 3.33. The average Bonchev–Trinajstić information content (AvgIpc) is 2.05. The molecule has 0 fully saturated rings. The van der Waals surface area contributed by atoms with E-state index in [1.165, 1.54) is 7.11 Å². The maximum absolute atomic E-state index is 8.43. The lowest BCUT2D eigenvalue weighted by atomic mass is 9.97. The number of hydrogen-bond donors (Lipinski definition) is 4. The van der Waals surface area contributed by atoms with Crippen LogP contribution in [0.5, 0.6) is 0 Å². The topological polar surface area (TPSA) is 90.2 Å². The smallest absolute Gasteiger partial charge is 0.326 e. The molecule has 0 aliphatic carbocycles. The van der Waals surface area contributed by atoms with Crippen LogP contribution in [0.3, 0.4) is 0 Å². The van der Waals surface area contributed by atoms with Crippen molar-refractivity contribution >= 4 is 8.60 Å². The van der Waals surface area contributed by atoms with Crippen molar-refractivity contribution in [3.63, 3.8) is 0 Å². The molecule has 0 saturated heterocycles. The molecule has 0 aliphatic heterocycles. The van der Waals surface area contributed by atoms with E-state index in [2.05, 4.69) is 4.52 Å². The Morgan fingerprint density at radius 1 is 1.17 bits per heavy atom. The van der Waals surface area contributed by atoms with Crippen LogP contribution in [0.4, 0.5) is 0 Å². The monoisotopic (exact) mass is 200 g/mol. The molecule has 5 nitrogen and oxygen atoms in total. The summed E-state index contributed by atoms with van der Waals surface area (Å²) < 4.78 is 3.93. The summed E-state index contributed by atoms with van der Waals surface area (Å²) in [5.41, 5.74) is -0.306. The number of rotatable bonds is 3. The van der Waals surface area contributed by atoms with Crippen LogP contribution < -0.4 is 0 Å². The fraction of sp³-hybridized carbons (Fsp3) is 1.00. The Balaban J connectivity index is 0. The molecule has 6 heteroatoms. The molecule has 76 valence electrons. The molecule has 0 spiro atoms. The molecule has 0 aromatic rings. The Labute approximate surface area is 73.6 Å². The third-order valence-corrected chi connectivity index (χ3v) is 1.35. The highest BCUT2D eigenvalue weighted by Crippen LogP contribution is 2.20. The van der Waals surface area contributed by atoms with Crippen LogP contribution >= 0.6 is 8.60 Å². The molecule has 0 saturated carbocycles. The van der Waals surface area contributed by atoms with E-state index in [0.717, 1.165) is 0 Å². The van der Waals surface area contributed by atoms with Crippen molar-refractivity contribution in [2.75, 3.05) is 20.3 Å². The molecule has 0 aromatic heterocycles. The van der Waals surface area contributed by atoms with E-state index in [0.29, 0.717) is 0 Å². The first-order valence-corrected chi connectivity index (χ1v) is 4.50. The third-order valence-electron chi connectivity index (χ3n) is 1.02. The molecule has 0 amide bonds. The normalized spacial score (nSPS) is 11.0. The molecule has 0 bridgehead atoms. The second-order valence-electron chi connectivity index (χ2n) is 2.92. The molecular formula is C6H17O5P. The summed E-state index contributed by atoms with van der Waals surface area (Å²) in [5, 5.41) is 16.9. The fourth-order valence-corrected chi connectivity index (χ4v) is 0.0500. The average molecular weight is 200 g/mol. The van der Waals surface area contributed by atoms with Crippen molar-refractivity contribution < 1.29 is 24.5 Å². The summed E-state index contributed by atoms with van der Waals surface area (Å²) in [6.45, 7) is 3.69. The van der Waals surface area contributed by atoms with E-state index in [9.17, 15) is 0 Å². The Morgan fingerprint density at radius 3 is 1.42 bits per heavy atom. The lowest BCUT2D eigenvalue weighted by Gasteiger charge is -2.16. The van der Waals surface area contributed by atoms with E-state index >= 15 is 0 Å². The van der Waals surface area contributed by atoms with Gasteiger partial charge >= 0.3 is 8.60 Å². The van der Waals surface area contributed by atoms with Gasteiger partial charge in [0.25, 0.3) is 0 Å². The molecule has 0 aliphatic rings. The van der Waals surface area contributed by atoms with Crippen LogP contribution in [0.15, 0.2) is 0 Å². The predicted octanol–water partition coefficient (Wildman–Crippen LogP) is -0.159. The standard InChI is InChI=1S/C5H12O2.CH5O3P/c1-5(2,3-6)4-7;1-4-5(2)3/h6-7H,3-4H2,1-2H3;2-3H,1H3. The largest absolute Gasteiger partial charge is 0.396 e. The van der Waals surface area contributed by atoms with E-state index in [4.69, 9.17) is 20.0 Å². The van der Waals surface area contributed by atoms with Crippen LogP contribution in [0.25, 0.3) is 0 Å². The Kier molecular flexibility index (Phi) is 9.65. The third kappa shape index (κ3) is 12.9. The quantitative estimate of drug-likeness (QED) is 0.475. The zero-order chi connectivity index (χ0) is 10.2. The minimum atomic E-state index is -2.10. The van der Waals surface area contributed by atoms with E-state index in [-0.39, 0.29) is 18.6 Å². The van der Waals surface area contributed by atoms with E-state index < -0.39 is 8.60 Å². The van der Waals surface area contributed by atoms with Crippen LogP contribution in [-0.4, -0.2) is 40.3 Å². The summed E-state index contributed by atoms with van der Waals surface area (Å²) in [4.78, 5) is 15.5. The van der Waals surface area contributed by atoms with Crippen molar-refractivity contribution in [3.05, 3.63) is 0 Å². The van der Waals surface area contributed by atoms with Gasteiger partial charge < -0.3 is 24.5 Å². The SMILES string of the molecule is CC(C)(CO)CO.COP(O)O. The summed E-state index contributed by atoms with van der Waals surface area (Å²) in [5.74, 6) is 0. The maximum atomic E-state index is 8.43. The number of hydrogen-bond acceptors (Lipinski definition) is 5. The highest BCUT2D eigenvalue weighted by molar-refractivity contribution is 7.39. The van der Waals surface area contributed by atoms with Crippen LogP contribution in [0, 0.1) is 5.41 Å². The van der Waals surface area contributed by atoms with Crippen molar-refractivity contribution in [1.82, 2.24) is 0 Å². The Bertz CT molecular complexity index is 89.9. The van der Waals surface area contributed by atoms with Crippen LogP contribution in [-0.2, 0) is 4.52 Å². The molecule has 12 heavy (non-hydrogen) atoms. The molecule has 0 heterocycles. The second kappa shape index (κ2) is 7.86.